The summed E-state index contributed by atoms with van der Waals surface area (Å²) >= 11 is 0. The monoisotopic (exact) mass is 487 g/mol. The number of aryl methyl sites for hydroxylation is 1. The first-order chi connectivity index (χ1) is 17.7. The molecule has 1 fully saturated rings. The molecule has 1 N–H and O–H groups in total. The van der Waals surface area contributed by atoms with E-state index in [2.05, 4.69) is 65.6 Å². The van der Waals surface area contributed by atoms with Gasteiger partial charge < -0.3 is 19.5 Å². The van der Waals surface area contributed by atoms with E-state index in [1.807, 2.05) is 26.0 Å². The van der Waals surface area contributed by atoms with Crippen LogP contribution < -0.4 is 4.90 Å². The van der Waals surface area contributed by atoms with Gasteiger partial charge in [-0.3, -0.25) is 0 Å². The molecule has 0 amide bonds. The molecule has 1 aliphatic carbocycles. The summed E-state index contributed by atoms with van der Waals surface area (Å²) in [7, 11) is 3.46. The quantitative estimate of drug-likeness (QED) is 0.376. The third kappa shape index (κ3) is 5.61. The van der Waals surface area contributed by atoms with Crippen molar-refractivity contribution in [1.29, 1.82) is 0 Å². The summed E-state index contributed by atoms with van der Waals surface area (Å²) in [6.45, 7) is 6.04. The van der Waals surface area contributed by atoms with Crippen molar-refractivity contribution in [3.8, 4) is 5.75 Å². The van der Waals surface area contributed by atoms with E-state index in [9.17, 15) is 5.11 Å². The van der Waals surface area contributed by atoms with Crippen LogP contribution in [0.2, 0.25) is 0 Å². The van der Waals surface area contributed by atoms with E-state index in [1.165, 1.54) is 27.9 Å². The lowest BCUT2D eigenvalue weighted by Gasteiger charge is -2.37. The van der Waals surface area contributed by atoms with Crippen LogP contribution in [-0.2, 0) is 15.9 Å². The Labute approximate surface area is 216 Å². The molecule has 0 saturated carbocycles. The van der Waals surface area contributed by atoms with E-state index in [0.717, 1.165) is 38.8 Å². The van der Waals surface area contributed by atoms with E-state index in [-0.39, 0.29) is 12.2 Å². The van der Waals surface area contributed by atoms with Crippen LogP contribution in [0.3, 0.4) is 0 Å². The molecule has 192 valence electrons. The number of hydrogen-bond acceptors (Lipinski definition) is 4. The molecule has 3 aromatic carbocycles. The van der Waals surface area contributed by atoms with Gasteiger partial charge in [0.25, 0.3) is 0 Å². The predicted octanol–water partition coefficient (Wildman–Crippen LogP) is 7.12. The summed E-state index contributed by atoms with van der Waals surface area (Å²) in [5.41, 5.74) is 6.64. The normalized spacial score (nSPS) is 20.0. The smallest absolute Gasteiger partial charge is 0.159 e. The minimum atomic E-state index is -0.106. The van der Waals surface area contributed by atoms with Gasteiger partial charge in [0.1, 0.15) is 5.75 Å². The number of phenolic OH excluding ortho intramolecular Hbond substituents is 1. The second-order valence-electron chi connectivity index (χ2n) is 9.67. The standard InChI is InChI=1S/C30H35NO3.C2H6/c1-33-30(34-2)23-16-18-31(19-17-23)25-11-8-22(9-12-25)29-27(21-6-4-3-5-7-21)14-10-24-20-26(32)13-15-28(24)29;1-2/h3-9,11-13,15,20,23,27,29-30,32H,10,14,16-19H2,1-2H3;1-2H3. The summed E-state index contributed by atoms with van der Waals surface area (Å²) in [4.78, 5) is 2.48. The Bertz CT molecular complexity index is 1070. The maximum Gasteiger partial charge on any atom is 0.159 e. The Morgan fingerprint density at radius 3 is 2.11 bits per heavy atom. The second kappa shape index (κ2) is 12.4. The van der Waals surface area contributed by atoms with Gasteiger partial charge in [0, 0.05) is 44.8 Å². The van der Waals surface area contributed by atoms with Gasteiger partial charge in [0.05, 0.1) is 0 Å². The molecule has 1 saturated heterocycles. The van der Waals surface area contributed by atoms with Crippen LogP contribution in [0.25, 0.3) is 0 Å². The zero-order valence-electron chi connectivity index (χ0n) is 22.2. The minimum Gasteiger partial charge on any atom is -0.508 e. The Kier molecular flexibility index (Phi) is 9.06. The van der Waals surface area contributed by atoms with Crippen LogP contribution in [0.1, 0.15) is 67.2 Å². The summed E-state index contributed by atoms with van der Waals surface area (Å²) in [5, 5.41) is 10.1. The number of methoxy groups -OCH3 is 2. The number of rotatable bonds is 6. The lowest BCUT2D eigenvalue weighted by atomic mass is 9.69. The maximum absolute atomic E-state index is 10.1. The van der Waals surface area contributed by atoms with Crippen molar-refractivity contribution in [2.75, 3.05) is 32.2 Å². The number of anilines is 1. The Balaban J connectivity index is 0.00000148. The Hall–Kier alpha value is -2.82. The number of nitrogens with zero attached hydrogens (tertiary/aromatic N) is 1. The molecule has 4 nitrogen and oxygen atoms in total. The van der Waals surface area contributed by atoms with E-state index in [0.29, 0.717) is 17.6 Å². The van der Waals surface area contributed by atoms with Crippen LogP contribution in [-0.4, -0.2) is 38.7 Å². The van der Waals surface area contributed by atoms with E-state index >= 15 is 0 Å². The average Bonchev–Trinajstić information content (AvgIpc) is 2.95. The van der Waals surface area contributed by atoms with Gasteiger partial charge in [-0.15, -0.1) is 0 Å². The molecule has 1 aliphatic heterocycles. The third-order valence-corrected chi connectivity index (χ3v) is 7.82. The van der Waals surface area contributed by atoms with Crippen LogP contribution in [0.15, 0.2) is 72.8 Å². The average molecular weight is 488 g/mol. The lowest BCUT2D eigenvalue weighted by Crippen LogP contribution is -2.39. The van der Waals surface area contributed by atoms with Gasteiger partial charge in [0.2, 0.25) is 0 Å². The minimum absolute atomic E-state index is 0.106. The molecule has 0 spiro atoms. The fraction of sp³-hybridized carbons (Fsp3) is 0.438. The summed E-state index contributed by atoms with van der Waals surface area (Å²) in [5.74, 6) is 1.53. The van der Waals surface area contributed by atoms with Gasteiger partial charge >= 0.3 is 0 Å². The molecule has 1 heterocycles. The molecular weight excluding hydrogens is 446 g/mol. The number of aromatic hydroxyl groups is 1. The number of benzene rings is 3. The summed E-state index contributed by atoms with van der Waals surface area (Å²) < 4.78 is 11.0. The maximum atomic E-state index is 10.1. The van der Waals surface area contributed by atoms with E-state index < -0.39 is 0 Å². The molecule has 0 aromatic heterocycles. The third-order valence-electron chi connectivity index (χ3n) is 7.82. The van der Waals surface area contributed by atoms with Crippen LogP contribution >= 0.6 is 0 Å². The first kappa shape index (κ1) is 26.2. The Morgan fingerprint density at radius 1 is 0.806 bits per heavy atom. The molecule has 36 heavy (non-hydrogen) atoms. The summed E-state index contributed by atoms with van der Waals surface area (Å²) in [6, 6.07) is 26.0. The lowest BCUT2D eigenvalue weighted by molar-refractivity contribution is -0.141. The van der Waals surface area contributed by atoms with Crippen molar-refractivity contribution in [3.63, 3.8) is 0 Å². The van der Waals surface area contributed by atoms with Crippen LogP contribution in [0, 0.1) is 5.92 Å². The molecule has 3 aromatic rings. The first-order valence-corrected chi connectivity index (χ1v) is 13.4. The predicted molar refractivity (Wildman–Crippen MR) is 148 cm³/mol. The van der Waals surface area contributed by atoms with Crippen molar-refractivity contribution < 1.29 is 14.6 Å². The number of fused-ring (bicyclic) bond motifs is 1. The van der Waals surface area contributed by atoms with Gasteiger partial charge in [-0.1, -0.05) is 62.4 Å². The fourth-order valence-corrected chi connectivity index (χ4v) is 6.08. The highest BCUT2D eigenvalue weighted by atomic mass is 16.7. The zero-order chi connectivity index (χ0) is 25.5. The van der Waals surface area contributed by atoms with Gasteiger partial charge in [-0.2, -0.15) is 0 Å². The molecule has 2 atom stereocenters. The van der Waals surface area contributed by atoms with Gasteiger partial charge in [-0.25, -0.2) is 0 Å². The molecule has 5 rings (SSSR count). The van der Waals surface area contributed by atoms with Crippen molar-refractivity contribution in [2.45, 2.75) is 57.7 Å². The highest BCUT2D eigenvalue weighted by Gasteiger charge is 2.32. The zero-order valence-corrected chi connectivity index (χ0v) is 22.2. The topological polar surface area (TPSA) is 41.9 Å². The van der Waals surface area contributed by atoms with E-state index in [4.69, 9.17) is 9.47 Å². The highest BCUT2D eigenvalue weighted by Crippen LogP contribution is 2.47. The van der Waals surface area contributed by atoms with Crippen molar-refractivity contribution in [3.05, 3.63) is 95.1 Å². The first-order valence-electron chi connectivity index (χ1n) is 13.4. The Morgan fingerprint density at radius 2 is 1.47 bits per heavy atom. The second-order valence-corrected chi connectivity index (χ2v) is 9.67. The largest absolute Gasteiger partial charge is 0.508 e. The molecule has 2 aliphatic rings. The van der Waals surface area contributed by atoms with Crippen LogP contribution in [0.4, 0.5) is 5.69 Å². The molecule has 2 unspecified atom stereocenters. The molecule has 0 bridgehead atoms. The van der Waals surface area contributed by atoms with Crippen molar-refractivity contribution in [1.82, 2.24) is 0 Å². The van der Waals surface area contributed by atoms with Crippen LogP contribution in [0.5, 0.6) is 5.75 Å². The van der Waals surface area contributed by atoms with Gasteiger partial charge in [-0.05, 0) is 78.1 Å². The number of phenols is 1. The molecular formula is C32H41NO3. The molecule has 0 radical (unpaired) electrons. The summed E-state index contributed by atoms with van der Waals surface area (Å²) in [6.07, 6.45) is 4.12. The fourth-order valence-electron chi connectivity index (χ4n) is 6.08. The van der Waals surface area contributed by atoms with E-state index in [1.54, 1.807) is 14.2 Å². The SMILES string of the molecule is CC.COC(OC)C1CCN(c2ccc(C3c4ccc(O)cc4CCC3c3ccccc3)cc2)CC1. The van der Waals surface area contributed by atoms with Gasteiger partial charge in [0.15, 0.2) is 6.29 Å². The highest BCUT2D eigenvalue weighted by molar-refractivity contribution is 5.52. The van der Waals surface area contributed by atoms with Crippen molar-refractivity contribution in [2.24, 2.45) is 5.92 Å². The number of hydrogen-bond donors (Lipinski definition) is 1. The van der Waals surface area contributed by atoms with Crippen molar-refractivity contribution >= 4 is 5.69 Å². The molecule has 4 heteroatoms. The number of piperidine rings is 1. The number of ether oxygens (including phenoxy) is 2.